The molecule has 8 rings (SSSR count). The Morgan fingerprint density at radius 1 is 0.545 bits per heavy atom. The van der Waals surface area contributed by atoms with Gasteiger partial charge in [-0.1, -0.05) is 0 Å². The summed E-state index contributed by atoms with van der Waals surface area (Å²) in [5.41, 5.74) is 10.3. The summed E-state index contributed by atoms with van der Waals surface area (Å²) in [6.45, 7) is 0. The number of benzene rings is 5. The summed E-state index contributed by atoms with van der Waals surface area (Å²) in [5, 5.41) is 4.09. The average Bonchev–Trinajstić information content (AvgIpc) is 3.68. The first-order valence-corrected chi connectivity index (χ1v) is 22.5. The summed E-state index contributed by atoms with van der Waals surface area (Å²) in [4.78, 5) is 0. The van der Waals surface area contributed by atoms with Gasteiger partial charge in [0.05, 0.1) is 0 Å². The molecule has 5 aromatic carbocycles. The topological polar surface area (TPSA) is 18.5 Å². The molecule has 3 aliphatic rings. The molecule has 6 heteroatoms. The molecule has 2 nitrogen and oxygen atoms in total. The number of hydrogen-bond acceptors (Lipinski definition) is 2. The quantitative estimate of drug-likeness (QED) is 0.165. The molecule has 0 spiro atoms. The Balaban J connectivity index is 1.56. The van der Waals surface area contributed by atoms with Gasteiger partial charge in [-0.2, -0.15) is 0 Å². The van der Waals surface area contributed by atoms with Crippen molar-refractivity contribution in [3.05, 3.63) is 158 Å². The first-order chi connectivity index (χ1) is 21.6. The van der Waals surface area contributed by atoms with E-state index in [4.69, 9.17) is 5.63 Å². The van der Waals surface area contributed by atoms with Crippen LogP contribution in [0.2, 0.25) is 0 Å². The molecule has 5 aromatic rings. The third-order valence-electron chi connectivity index (χ3n) is 9.37. The van der Waals surface area contributed by atoms with Gasteiger partial charge < -0.3 is 0 Å². The van der Waals surface area contributed by atoms with Gasteiger partial charge in [0.25, 0.3) is 0 Å². The molecule has 0 saturated carbocycles. The standard InChI is InChI=1S/C36H23Br2P.2CH3O.Zr/c37-33-16-18-35(31-22-26(20-29(31)33)24-10-4-1-5-11-24)39(28-14-8-3-9-15-28)36-19-17-34(38)30-21-27(23-32(30)36)25-12-6-2-7-13-25;2*1-2;/h1-23H;2*1H3;/q;2*-1;+2. The van der Waals surface area contributed by atoms with Gasteiger partial charge in [0, 0.05) is 0 Å². The van der Waals surface area contributed by atoms with Crippen LogP contribution in [0.3, 0.4) is 0 Å². The molecule has 1 heterocycles. The first kappa shape index (κ1) is 29.2. The second kappa shape index (κ2) is 11.5. The average molecular weight is 800 g/mol. The zero-order valence-corrected chi connectivity index (χ0v) is 30.8. The molecule has 0 radical (unpaired) electrons. The normalized spacial score (nSPS) is 20.7. The number of halogens is 2. The molecule has 216 valence electrons. The predicted octanol–water partition coefficient (Wildman–Crippen LogP) is 9.45. The van der Waals surface area contributed by atoms with Crippen LogP contribution in [0.1, 0.15) is 40.6 Å². The third-order valence-corrected chi connectivity index (χ3v) is 23.4. The second-order valence-corrected chi connectivity index (χ2v) is 23.6. The van der Waals surface area contributed by atoms with Crippen molar-refractivity contribution >= 4 is 79.0 Å². The molecule has 0 fully saturated rings. The van der Waals surface area contributed by atoms with Crippen LogP contribution in [-0.2, 0) is 26.8 Å². The summed E-state index contributed by atoms with van der Waals surface area (Å²) in [7, 11) is 2.92. The first-order valence-electron chi connectivity index (χ1n) is 14.7. The van der Waals surface area contributed by atoms with Crippen molar-refractivity contribution in [3.8, 4) is 0 Å². The van der Waals surface area contributed by atoms with Crippen molar-refractivity contribution in [2.24, 2.45) is 0 Å². The molecule has 2 unspecified atom stereocenters. The van der Waals surface area contributed by atoms with Gasteiger partial charge in [-0.15, -0.1) is 0 Å². The Labute approximate surface area is 282 Å². The Hall–Kier alpha value is -2.23. The van der Waals surface area contributed by atoms with E-state index in [0.29, 0.717) is 0 Å². The van der Waals surface area contributed by atoms with E-state index in [9.17, 15) is 0 Å². The van der Waals surface area contributed by atoms with Crippen molar-refractivity contribution in [3.63, 3.8) is 0 Å². The summed E-state index contributed by atoms with van der Waals surface area (Å²) < 4.78 is 16.3. The van der Waals surface area contributed by atoms with Gasteiger partial charge in [-0.25, -0.2) is 0 Å². The number of allylic oxidation sites excluding steroid dienone is 2. The maximum absolute atomic E-state index is 7.02. The monoisotopic (exact) mass is 796 g/mol. The van der Waals surface area contributed by atoms with Crippen LogP contribution >= 0.6 is 39.8 Å². The van der Waals surface area contributed by atoms with Gasteiger partial charge in [0.1, 0.15) is 0 Å². The Morgan fingerprint density at radius 3 is 1.36 bits per heavy atom. The van der Waals surface area contributed by atoms with E-state index >= 15 is 0 Å². The van der Waals surface area contributed by atoms with E-state index in [0.717, 1.165) is 8.95 Å². The van der Waals surface area contributed by atoms with Gasteiger partial charge in [0.2, 0.25) is 0 Å². The van der Waals surface area contributed by atoms with Crippen LogP contribution in [0.5, 0.6) is 0 Å². The number of rotatable bonds is 5. The van der Waals surface area contributed by atoms with E-state index in [1.54, 1.807) is 0 Å². The van der Waals surface area contributed by atoms with E-state index in [1.165, 1.54) is 60.4 Å². The van der Waals surface area contributed by atoms with Crippen LogP contribution in [-0.4, -0.2) is 14.2 Å². The molecular formula is C38H29Br2O2PZr. The summed E-state index contributed by atoms with van der Waals surface area (Å²) >= 11 is 3.81. The van der Waals surface area contributed by atoms with Gasteiger partial charge >= 0.3 is 285 Å². The van der Waals surface area contributed by atoms with E-state index in [2.05, 4.69) is 159 Å². The SMILES string of the molecule is C[O][Zr]1([O]C)[CH]2C(c3ccccc3)=Cc3c(ccc(Br)c32)P(c2ccccc2)c2ccc(Br)c3c2C=C(c2ccccc2)[CH]31. The summed E-state index contributed by atoms with van der Waals surface area (Å²) in [6, 6.07) is 42.0. The zero-order valence-electron chi connectivity index (χ0n) is 24.3. The van der Waals surface area contributed by atoms with Gasteiger partial charge in [0.15, 0.2) is 0 Å². The van der Waals surface area contributed by atoms with Gasteiger partial charge in [-0.3, -0.25) is 0 Å². The van der Waals surface area contributed by atoms with Crippen molar-refractivity contribution in [1.82, 2.24) is 0 Å². The van der Waals surface area contributed by atoms with Crippen molar-refractivity contribution in [2.75, 3.05) is 14.2 Å². The summed E-state index contributed by atoms with van der Waals surface area (Å²) in [5.74, 6) is 0. The molecule has 0 N–H and O–H groups in total. The van der Waals surface area contributed by atoms with Crippen molar-refractivity contribution < 1.29 is 26.8 Å². The molecule has 0 amide bonds. The molecule has 0 aromatic heterocycles. The fraction of sp³-hybridized carbons (Fsp3) is 0.105. The Bertz CT molecular complexity index is 1850. The minimum atomic E-state index is -4.33. The van der Waals surface area contributed by atoms with Crippen LogP contribution in [0.4, 0.5) is 0 Å². The molecule has 1 aliphatic heterocycles. The van der Waals surface area contributed by atoms with Crippen molar-refractivity contribution in [1.29, 1.82) is 0 Å². The van der Waals surface area contributed by atoms with E-state index in [1.807, 2.05) is 14.2 Å². The van der Waals surface area contributed by atoms with Gasteiger partial charge in [-0.05, 0) is 0 Å². The molecule has 2 atom stereocenters. The molecule has 0 saturated heterocycles. The summed E-state index contributed by atoms with van der Waals surface area (Å²) in [6.07, 6.45) is 4.93. The Morgan fingerprint density at radius 2 is 0.955 bits per heavy atom. The third kappa shape index (κ3) is 4.31. The molecule has 8 bridgehead atoms. The number of hydrogen-bond donors (Lipinski definition) is 0. The van der Waals surface area contributed by atoms with Crippen LogP contribution < -0.4 is 15.9 Å². The van der Waals surface area contributed by atoms with Crippen LogP contribution in [0, 0.1) is 0 Å². The fourth-order valence-corrected chi connectivity index (χ4v) is 22.8. The maximum atomic E-state index is 7.02. The van der Waals surface area contributed by atoms with Crippen molar-refractivity contribution in [2.45, 2.75) is 7.25 Å². The second-order valence-electron chi connectivity index (χ2n) is 11.4. The zero-order chi connectivity index (χ0) is 30.0. The Kier molecular flexibility index (Phi) is 7.65. The van der Waals surface area contributed by atoms with Crippen LogP contribution in [0.15, 0.2) is 124 Å². The molecular weight excluding hydrogens is 770 g/mol. The van der Waals surface area contributed by atoms with E-state index < -0.39 is 29.1 Å². The van der Waals surface area contributed by atoms with Crippen LogP contribution in [0.25, 0.3) is 23.3 Å². The predicted molar refractivity (Wildman–Crippen MR) is 189 cm³/mol. The molecule has 44 heavy (non-hydrogen) atoms. The fourth-order valence-electron chi connectivity index (χ4n) is 7.57. The minimum absolute atomic E-state index is 0.00429. The molecule has 2 aliphatic carbocycles. The van der Waals surface area contributed by atoms with E-state index in [-0.39, 0.29) is 7.25 Å².